The topological polar surface area (TPSA) is 65.7 Å². The molecule has 4 rings (SSSR count). The third-order valence-corrected chi connectivity index (χ3v) is 5.69. The molecule has 6 nitrogen and oxygen atoms in total. The lowest BCUT2D eigenvalue weighted by molar-refractivity contribution is 0.0919. The molecule has 1 amide bonds. The fourth-order valence-electron chi connectivity index (χ4n) is 3.08. The van der Waals surface area contributed by atoms with E-state index in [4.69, 9.17) is 14.6 Å². The Labute approximate surface area is 156 Å². The number of carbonyl (C=O) groups excluding carboxylic acids is 1. The predicted octanol–water partition coefficient (Wildman–Crippen LogP) is 3.14. The van der Waals surface area contributed by atoms with Gasteiger partial charge in [-0.15, -0.1) is 0 Å². The zero-order chi connectivity index (χ0) is 17.9. The number of rotatable bonds is 6. The smallest absolute Gasteiger partial charge is 0.283 e. The van der Waals surface area contributed by atoms with Crippen LogP contribution >= 0.6 is 11.3 Å². The Kier molecular flexibility index (Phi) is 5.17. The molecule has 2 aliphatic rings. The van der Waals surface area contributed by atoms with Crippen molar-refractivity contribution in [1.82, 2.24) is 9.78 Å². The van der Waals surface area contributed by atoms with Crippen LogP contribution < -0.4 is 9.54 Å². The molecule has 1 atom stereocenters. The van der Waals surface area contributed by atoms with Crippen molar-refractivity contribution >= 4 is 17.2 Å². The molecule has 7 heteroatoms. The van der Waals surface area contributed by atoms with Crippen molar-refractivity contribution < 1.29 is 14.3 Å². The molecular weight excluding hydrogens is 350 g/mol. The van der Waals surface area contributed by atoms with E-state index in [1.807, 2.05) is 23.7 Å². The number of carbonyl (C=O) groups is 1. The molecule has 1 aliphatic carbocycles. The second kappa shape index (κ2) is 7.72. The van der Waals surface area contributed by atoms with Gasteiger partial charge in [-0.2, -0.15) is 10.1 Å². The molecule has 1 aliphatic heterocycles. The average molecular weight is 373 g/mol. The van der Waals surface area contributed by atoms with E-state index in [1.54, 1.807) is 12.1 Å². The largest absolute Gasteiger partial charge is 0.493 e. The first kappa shape index (κ1) is 17.4. The normalized spacial score (nSPS) is 20.5. The molecule has 0 bridgehead atoms. The van der Waals surface area contributed by atoms with Gasteiger partial charge in [0.25, 0.3) is 5.91 Å². The minimum absolute atomic E-state index is 0.161. The fourth-order valence-corrected chi connectivity index (χ4v) is 4.15. The van der Waals surface area contributed by atoms with Crippen LogP contribution in [0.1, 0.15) is 53.9 Å². The van der Waals surface area contributed by atoms with Crippen molar-refractivity contribution in [3.05, 3.63) is 39.6 Å². The van der Waals surface area contributed by atoms with Gasteiger partial charge in [0.1, 0.15) is 10.8 Å². The summed E-state index contributed by atoms with van der Waals surface area (Å²) < 4.78 is 13.2. The van der Waals surface area contributed by atoms with Crippen LogP contribution in [0, 0.1) is 0 Å². The monoisotopic (exact) mass is 373 g/mol. The van der Waals surface area contributed by atoms with E-state index in [0.717, 1.165) is 24.5 Å². The summed E-state index contributed by atoms with van der Waals surface area (Å²) >= 11 is 1.52. The van der Waals surface area contributed by atoms with Crippen molar-refractivity contribution in [2.75, 3.05) is 13.2 Å². The predicted molar refractivity (Wildman–Crippen MR) is 98.6 cm³/mol. The van der Waals surface area contributed by atoms with Gasteiger partial charge in [0, 0.05) is 12.5 Å². The Morgan fingerprint density at radius 2 is 2.23 bits per heavy atom. The molecule has 2 heterocycles. The van der Waals surface area contributed by atoms with Crippen LogP contribution in [0.25, 0.3) is 0 Å². The van der Waals surface area contributed by atoms with Gasteiger partial charge in [0.2, 0.25) is 4.80 Å². The van der Waals surface area contributed by atoms with Gasteiger partial charge in [0.05, 0.1) is 24.8 Å². The zero-order valence-electron chi connectivity index (χ0n) is 14.9. The highest BCUT2D eigenvalue weighted by Crippen LogP contribution is 2.40. The van der Waals surface area contributed by atoms with E-state index in [1.165, 1.54) is 24.2 Å². The minimum Gasteiger partial charge on any atom is -0.493 e. The van der Waals surface area contributed by atoms with Gasteiger partial charge in [-0.05, 0) is 44.7 Å². The summed E-state index contributed by atoms with van der Waals surface area (Å²) in [6, 6.07) is 7.24. The highest BCUT2D eigenvalue weighted by Gasteiger charge is 2.28. The molecular formula is C19H23N3O3S. The molecule has 26 heavy (non-hydrogen) atoms. The summed E-state index contributed by atoms with van der Waals surface area (Å²) in [4.78, 5) is 17.8. The maximum absolute atomic E-state index is 12.8. The Morgan fingerprint density at radius 1 is 1.38 bits per heavy atom. The molecule has 1 aromatic heterocycles. The summed E-state index contributed by atoms with van der Waals surface area (Å²) in [6.07, 6.45) is 4.62. The summed E-state index contributed by atoms with van der Waals surface area (Å²) in [5.74, 6) is 0.813. The third kappa shape index (κ3) is 3.88. The van der Waals surface area contributed by atoms with Gasteiger partial charge in [0.15, 0.2) is 0 Å². The number of aromatic nitrogens is 2. The molecule has 138 valence electrons. The molecule has 1 saturated carbocycles. The van der Waals surface area contributed by atoms with E-state index in [0.29, 0.717) is 35.2 Å². The lowest BCUT2D eigenvalue weighted by atomic mass is 10.2. The van der Waals surface area contributed by atoms with Gasteiger partial charge in [-0.3, -0.25) is 4.79 Å². The van der Waals surface area contributed by atoms with E-state index in [2.05, 4.69) is 4.99 Å². The first-order chi connectivity index (χ1) is 12.7. The van der Waals surface area contributed by atoms with Gasteiger partial charge in [-0.25, -0.2) is 4.68 Å². The third-order valence-electron chi connectivity index (χ3n) is 4.58. The Morgan fingerprint density at radius 3 is 2.96 bits per heavy atom. The highest BCUT2D eigenvalue weighted by atomic mass is 32.1. The lowest BCUT2D eigenvalue weighted by Crippen LogP contribution is -2.25. The van der Waals surface area contributed by atoms with Crippen LogP contribution in [-0.2, 0) is 11.3 Å². The number of ether oxygens (including phenoxy) is 2. The number of amides is 1. The van der Waals surface area contributed by atoms with Crippen molar-refractivity contribution in [1.29, 1.82) is 0 Å². The molecule has 0 radical (unpaired) electrons. The van der Waals surface area contributed by atoms with Crippen molar-refractivity contribution in [3.63, 3.8) is 0 Å². The standard InChI is InChI=1S/C19H23N3O3S/c1-2-24-16-8-4-3-7-15(16)17(23)20-19-22(12-14-6-5-11-25-14)21-18(26-19)13-9-10-13/h3-4,7-8,13-14H,2,5-6,9-12H2,1H3. The maximum atomic E-state index is 12.8. The van der Waals surface area contributed by atoms with E-state index >= 15 is 0 Å². The highest BCUT2D eigenvalue weighted by molar-refractivity contribution is 7.09. The SMILES string of the molecule is CCOc1ccccc1C(=O)N=c1sc(C2CC2)nn1CC1CCCO1. The quantitative estimate of drug-likeness (QED) is 0.780. The van der Waals surface area contributed by atoms with Crippen LogP contribution in [0.4, 0.5) is 0 Å². The first-order valence-electron chi connectivity index (χ1n) is 9.25. The van der Waals surface area contributed by atoms with Crippen LogP contribution in [0.2, 0.25) is 0 Å². The molecule has 2 aromatic rings. The first-order valence-corrected chi connectivity index (χ1v) is 10.1. The Bertz CT molecular complexity index is 848. The second-order valence-electron chi connectivity index (χ2n) is 6.66. The molecule has 0 spiro atoms. The number of para-hydroxylation sites is 1. The molecule has 2 fully saturated rings. The van der Waals surface area contributed by atoms with E-state index < -0.39 is 0 Å². The van der Waals surface area contributed by atoms with Crippen LogP contribution in [-0.4, -0.2) is 35.0 Å². The summed E-state index contributed by atoms with van der Waals surface area (Å²) in [7, 11) is 0. The Hall–Kier alpha value is -1.99. The van der Waals surface area contributed by atoms with Crippen molar-refractivity contribution in [3.8, 4) is 5.75 Å². The van der Waals surface area contributed by atoms with Crippen LogP contribution in [0.3, 0.4) is 0 Å². The summed E-state index contributed by atoms with van der Waals surface area (Å²) in [5.41, 5.74) is 0.486. The van der Waals surface area contributed by atoms with Gasteiger partial charge in [-0.1, -0.05) is 23.5 Å². The number of benzene rings is 1. The van der Waals surface area contributed by atoms with Crippen molar-refractivity contribution in [2.45, 2.75) is 51.2 Å². The molecule has 1 aromatic carbocycles. The lowest BCUT2D eigenvalue weighted by Gasteiger charge is -2.09. The number of hydrogen-bond donors (Lipinski definition) is 0. The second-order valence-corrected chi connectivity index (χ2v) is 7.65. The molecule has 0 N–H and O–H groups in total. The summed E-state index contributed by atoms with van der Waals surface area (Å²) in [6.45, 7) is 3.87. The van der Waals surface area contributed by atoms with Gasteiger partial charge >= 0.3 is 0 Å². The number of nitrogens with zero attached hydrogens (tertiary/aromatic N) is 3. The van der Waals surface area contributed by atoms with Crippen molar-refractivity contribution in [2.24, 2.45) is 4.99 Å². The average Bonchev–Trinajstić information content (AvgIpc) is 3.24. The molecule has 1 saturated heterocycles. The fraction of sp³-hybridized carbons (Fsp3) is 0.526. The maximum Gasteiger partial charge on any atom is 0.283 e. The van der Waals surface area contributed by atoms with E-state index in [-0.39, 0.29) is 12.0 Å². The number of hydrogen-bond acceptors (Lipinski definition) is 5. The van der Waals surface area contributed by atoms with E-state index in [9.17, 15) is 4.79 Å². The summed E-state index contributed by atoms with van der Waals surface area (Å²) in [5, 5.41) is 5.80. The minimum atomic E-state index is -0.291. The van der Waals surface area contributed by atoms with Crippen LogP contribution in [0.5, 0.6) is 5.75 Å². The van der Waals surface area contributed by atoms with Crippen LogP contribution in [0.15, 0.2) is 29.3 Å². The Balaban J connectivity index is 1.65. The zero-order valence-corrected chi connectivity index (χ0v) is 15.7. The van der Waals surface area contributed by atoms with Gasteiger partial charge < -0.3 is 9.47 Å². The molecule has 1 unspecified atom stereocenters.